The van der Waals surface area contributed by atoms with Crippen LogP contribution in [0.3, 0.4) is 0 Å². The summed E-state index contributed by atoms with van der Waals surface area (Å²) in [5.41, 5.74) is 2.24. The number of aliphatic hydroxyl groups excluding tert-OH is 1. The first kappa shape index (κ1) is 14.5. The predicted molar refractivity (Wildman–Crippen MR) is 80.3 cm³/mol. The highest BCUT2D eigenvalue weighted by Gasteiger charge is 2.25. The highest BCUT2D eigenvalue weighted by molar-refractivity contribution is 5.48. The highest BCUT2D eigenvalue weighted by Crippen LogP contribution is 2.26. The minimum absolute atomic E-state index is 0.0744. The van der Waals surface area contributed by atoms with Crippen LogP contribution in [0.25, 0.3) is 0 Å². The molecule has 2 aromatic rings. The Morgan fingerprint density at radius 1 is 1.15 bits per heavy atom. The topological polar surface area (TPSA) is 32.3 Å². The molecule has 0 fully saturated rings. The summed E-state index contributed by atoms with van der Waals surface area (Å²) in [6.07, 6.45) is 0.980. The van der Waals surface area contributed by atoms with E-state index >= 15 is 0 Å². The van der Waals surface area contributed by atoms with Crippen LogP contribution < -0.4 is 5.32 Å². The number of benzene rings is 2. The van der Waals surface area contributed by atoms with E-state index in [0.29, 0.717) is 5.69 Å². The molecule has 2 N–H and O–H groups in total. The molecule has 0 aliphatic heterocycles. The Hall–Kier alpha value is -1.87. The molecule has 0 radical (unpaired) electrons. The SMILES string of the molecule is CCc1ccc(C(C)(CO)Nc2cccc(F)c2)cc1. The normalized spacial score (nSPS) is 13.8. The Morgan fingerprint density at radius 2 is 1.85 bits per heavy atom. The zero-order valence-corrected chi connectivity index (χ0v) is 11.9. The van der Waals surface area contributed by atoms with Crippen molar-refractivity contribution in [3.05, 3.63) is 65.5 Å². The van der Waals surface area contributed by atoms with Crippen molar-refractivity contribution < 1.29 is 9.50 Å². The van der Waals surface area contributed by atoms with Crippen LogP contribution in [-0.2, 0) is 12.0 Å². The Labute approximate surface area is 119 Å². The molecule has 0 aromatic heterocycles. The summed E-state index contributed by atoms with van der Waals surface area (Å²) in [5.74, 6) is -0.295. The standard InChI is InChI=1S/C17H20FNO/c1-3-13-7-9-14(10-8-13)17(2,12-20)19-16-6-4-5-15(18)11-16/h4-11,19-20H,3,12H2,1-2H3. The van der Waals surface area contributed by atoms with E-state index in [1.807, 2.05) is 19.1 Å². The van der Waals surface area contributed by atoms with Gasteiger partial charge >= 0.3 is 0 Å². The Kier molecular flexibility index (Phi) is 4.40. The lowest BCUT2D eigenvalue weighted by atomic mass is 9.91. The number of nitrogens with one attached hydrogen (secondary N) is 1. The molecular weight excluding hydrogens is 253 g/mol. The van der Waals surface area contributed by atoms with E-state index in [1.54, 1.807) is 12.1 Å². The minimum Gasteiger partial charge on any atom is -0.394 e. The third-order valence-corrected chi connectivity index (χ3v) is 3.56. The molecule has 0 heterocycles. The van der Waals surface area contributed by atoms with Crippen LogP contribution in [0, 0.1) is 5.82 Å². The van der Waals surface area contributed by atoms with E-state index in [-0.39, 0.29) is 12.4 Å². The van der Waals surface area contributed by atoms with Crippen molar-refractivity contribution in [3.63, 3.8) is 0 Å². The molecule has 0 aliphatic rings. The Balaban J connectivity index is 2.27. The van der Waals surface area contributed by atoms with Gasteiger partial charge in [-0.05, 0) is 42.7 Å². The van der Waals surface area contributed by atoms with E-state index in [9.17, 15) is 9.50 Å². The maximum absolute atomic E-state index is 13.2. The predicted octanol–water partition coefficient (Wildman–Crippen LogP) is 3.71. The van der Waals surface area contributed by atoms with Gasteiger partial charge in [0.25, 0.3) is 0 Å². The van der Waals surface area contributed by atoms with Gasteiger partial charge in [0.1, 0.15) is 5.82 Å². The van der Waals surface area contributed by atoms with E-state index in [1.165, 1.54) is 17.7 Å². The van der Waals surface area contributed by atoms with Gasteiger partial charge in [-0.25, -0.2) is 4.39 Å². The minimum atomic E-state index is -0.639. The number of rotatable bonds is 5. The molecule has 2 nitrogen and oxygen atoms in total. The first-order valence-corrected chi connectivity index (χ1v) is 6.81. The summed E-state index contributed by atoms with van der Waals surface area (Å²) >= 11 is 0. The van der Waals surface area contributed by atoms with Crippen molar-refractivity contribution >= 4 is 5.69 Å². The van der Waals surface area contributed by atoms with E-state index in [2.05, 4.69) is 24.4 Å². The fourth-order valence-corrected chi connectivity index (χ4v) is 2.20. The molecule has 2 aromatic carbocycles. The first-order valence-electron chi connectivity index (χ1n) is 6.81. The second-order valence-corrected chi connectivity index (χ2v) is 5.18. The quantitative estimate of drug-likeness (QED) is 0.870. The number of aliphatic hydroxyl groups is 1. The molecule has 0 saturated carbocycles. The van der Waals surface area contributed by atoms with Crippen molar-refractivity contribution in [2.45, 2.75) is 25.8 Å². The molecule has 0 aliphatic carbocycles. The van der Waals surface area contributed by atoms with Gasteiger partial charge in [-0.15, -0.1) is 0 Å². The molecule has 0 spiro atoms. The molecular formula is C17H20FNO. The smallest absolute Gasteiger partial charge is 0.125 e. The molecule has 106 valence electrons. The number of anilines is 1. The summed E-state index contributed by atoms with van der Waals surface area (Å²) < 4.78 is 13.2. The van der Waals surface area contributed by atoms with Crippen LogP contribution >= 0.6 is 0 Å². The summed E-state index contributed by atoms with van der Waals surface area (Å²) in [5, 5.41) is 12.9. The lowest BCUT2D eigenvalue weighted by Gasteiger charge is -2.30. The fraction of sp³-hybridized carbons (Fsp3) is 0.294. The third kappa shape index (κ3) is 3.17. The van der Waals surface area contributed by atoms with Crippen molar-refractivity contribution in [1.29, 1.82) is 0 Å². The van der Waals surface area contributed by atoms with E-state index < -0.39 is 5.54 Å². The van der Waals surface area contributed by atoms with Crippen LogP contribution in [-0.4, -0.2) is 11.7 Å². The molecule has 1 unspecified atom stereocenters. The van der Waals surface area contributed by atoms with Crippen LogP contribution in [0.1, 0.15) is 25.0 Å². The molecule has 2 rings (SSSR count). The molecule has 1 atom stereocenters. The van der Waals surface area contributed by atoms with Crippen LogP contribution in [0.4, 0.5) is 10.1 Å². The molecule has 0 amide bonds. The summed E-state index contributed by atoms with van der Waals surface area (Å²) in [6, 6.07) is 14.4. The van der Waals surface area contributed by atoms with Gasteiger partial charge in [0.2, 0.25) is 0 Å². The number of hydrogen-bond acceptors (Lipinski definition) is 2. The monoisotopic (exact) mass is 273 g/mol. The molecule has 3 heteroatoms. The lowest BCUT2D eigenvalue weighted by Crippen LogP contribution is -2.35. The number of aryl methyl sites for hydroxylation is 1. The third-order valence-electron chi connectivity index (χ3n) is 3.56. The van der Waals surface area contributed by atoms with Crippen molar-refractivity contribution in [2.24, 2.45) is 0 Å². The average Bonchev–Trinajstić information content (AvgIpc) is 2.47. The van der Waals surface area contributed by atoms with Crippen molar-refractivity contribution in [2.75, 3.05) is 11.9 Å². The zero-order valence-electron chi connectivity index (χ0n) is 11.9. The Morgan fingerprint density at radius 3 is 2.40 bits per heavy atom. The van der Waals surface area contributed by atoms with Gasteiger partial charge in [-0.1, -0.05) is 37.3 Å². The Bertz CT molecular complexity index is 567. The van der Waals surface area contributed by atoms with Crippen molar-refractivity contribution in [3.8, 4) is 0 Å². The van der Waals surface area contributed by atoms with Crippen LogP contribution in [0.2, 0.25) is 0 Å². The molecule has 20 heavy (non-hydrogen) atoms. The van der Waals surface area contributed by atoms with E-state index in [4.69, 9.17) is 0 Å². The fourth-order valence-electron chi connectivity index (χ4n) is 2.20. The summed E-state index contributed by atoms with van der Waals surface area (Å²) in [6.45, 7) is 3.93. The van der Waals surface area contributed by atoms with Gasteiger partial charge < -0.3 is 10.4 Å². The first-order chi connectivity index (χ1) is 9.57. The molecule has 0 saturated heterocycles. The van der Waals surface area contributed by atoms with Crippen molar-refractivity contribution in [1.82, 2.24) is 0 Å². The second-order valence-electron chi connectivity index (χ2n) is 5.18. The van der Waals surface area contributed by atoms with E-state index in [0.717, 1.165) is 12.0 Å². The van der Waals surface area contributed by atoms with Gasteiger partial charge in [-0.2, -0.15) is 0 Å². The average molecular weight is 273 g/mol. The maximum atomic E-state index is 13.2. The highest BCUT2D eigenvalue weighted by atomic mass is 19.1. The molecule has 0 bridgehead atoms. The second kappa shape index (κ2) is 6.06. The summed E-state index contributed by atoms with van der Waals surface area (Å²) in [7, 11) is 0. The van der Waals surface area contributed by atoms with Gasteiger partial charge in [0.05, 0.1) is 12.1 Å². The maximum Gasteiger partial charge on any atom is 0.125 e. The van der Waals surface area contributed by atoms with Gasteiger partial charge in [0, 0.05) is 5.69 Å². The van der Waals surface area contributed by atoms with Crippen LogP contribution in [0.15, 0.2) is 48.5 Å². The zero-order chi connectivity index (χ0) is 14.6. The lowest BCUT2D eigenvalue weighted by molar-refractivity contribution is 0.224. The van der Waals surface area contributed by atoms with Crippen LogP contribution in [0.5, 0.6) is 0 Å². The van der Waals surface area contributed by atoms with Gasteiger partial charge in [-0.3, -0.25) is 0 Å². The van der Waals surface area contributed by atoms with Gasteiger partial charge in [0.15, 0.2) is 0 Å². The number of halogens is 1. The summed E-state index contributed by atoms with van der Waals surface area (Å²) in [4.78, 5) is 0. The largest absolute Gasteiger partial charge is 0.394 e. The number of hydrogen-bond donors (Lipinski definition) is 2.